The van der Waals surface area contributed by atoms with Crippen LogP contribution in [0, 0.1) is 17.8 Å². The fraction of sp³-hybridized carbons (Fsp3) is 0.344. The van der Waals surface area contributed by atoms with E-state index < -0.39 is 22.2 Å². The molecule has 228 valence electrons. The molecular weight excluding hydrogens is 570 g/mol. The van der Waals surface area contributed by atoms with Crippen LogP contribution < -0.4 is 19.5 Å². The van der Waals surface area contributed by atoms with Crippen LogP contribution in [0.4, 0.5) is 10.5 Å². The van der Waals surface area contributed by atoms with E-state index in [1.807, 2.05) is 31.2 Å². The van der Waals surface area contributed by atoms with E-state index >= 15 is 0 Å². The molecule has 0 spiro atoms. The van der Waals surface area contributed by atoms with Crippen LogP contribution in [0.2, 0.25) is 0 Å². The van der Waals surface area contributed by atoms with Gasteiger partial charge in [-0.15, -0.1) is 0 Å². The Labute approximate surface area is 253 Å². The first-order valence-electron chi connectivity index (χ1n) is 13.8. The number of nitrogens with one attached hydrogen (secondary N) is 1. The van der Waals surface area contributed by atoms with Gasteiger partial charge >= 0.3 is 6.03 Å². The van der Waals surface area contributed by atoms with Crippen molar-refractivity contribution in [2.24, 2.45) is 5.92 Å². The molecule has 0 unspecified atom stereocenters. The SMILES string of the molecule is COc1ccc(C#Cc2ccc3c(c2)O[C@H](CN(C)C(=O)Nc2cccc(OC)c2)[C@@H](C)CN([C@@H](C)CO)S3(=O)=O)cc1. The van der Waals surface area contributed by atoms with Crippen molar-refractivity contribution in [3.8, 4) is 29.1 Å². The van der Waals surface area contributed by atoms with E-state index in [1.165, 1.54) is 15.3 Å². The number of aliphatic hydroxyl groups excluding tert-OH is 1. The van der Waals surface area contributed by atoms with Gasteiger partial charge in [0.05, 0.1) is 27.4 Å². The number of carbonyl (C=O) groups is 1. The van der Waals surface area contributed by atoms with Crippen molar-refractivity contribution in [1.29, 1.82) is 0 Å². The molecule has 0 radical (unpaired) electrons. The number of rotatable bonds is 7. The number of hydrogen-bond acceptors (Lipinski definition) is 7. The van der Waals surface area contributed by atoms with Gasteiger partial charge in [-0.3, -0.25) is 0 Å². The molecule has 0 aromatic heterocycles. The zero-order valence-corrected chi connectivity index (χ0v) is 25.7. The van der Waals surface area contributed by atoms with Crippen molar-refractivity contribution in [1.82, 2.24) is 9.21 Å². The molecule has 0 saturated heterocycles. The number of methoxy groups -OCH3 is 2. The highest BCUT2D eigenvalue weighted by molar-refractivity contribution is 7.89. The van der Waals surface area contributed by atoms with Gasteiger partial charge in [0, 0.05) is 48.4 Å². The second kappa shape index (κ2) is 13.8. The molecule has 1 heterocycles. The smallest absolute Gasteiger partial charge is 0.321 e. The number of likely N-dealkylation sites (N-methyl/N-ethyl adjacent to an activating group) is 1. The fourth-order valence-corrected chi connectivity index (χ4v) is 6.44. The molecule has 0 fully saturated rings. The largest absolute Gasteiger partial charge is 0.497 e. The van der Waals surface area contributed by atoms with Crippen molar-refractivity contribution in [3.05, 3.63) is 77.9 Å². The molecule has 3 aromatic carbocycles. The molecule has 2 N–H and O–H groups in total. The number of hydrogen-bond donors (Lipinski definition) is 2. The van der Waals surface area contributed by atoms with Crippen LogP contribution in [0.25, 0.3) is 0 Å². The van der Waals surface area contributed by atoms with Crippen molar-refractivity contribution in [2.45, 2.75) is 30.9 Å². The summed E-state index contributed by atoms with van der Waals surface area (Å²) >= 11 is 0. The van der Waals surface area contributed by atoms with E-state index in [0.717, 1.165) is 5.56 Å². The Morgan fingerprint density at radius 2 is 1.74 bits per heavy atom. The maximum atomic E-state index is 13.8. The predicted octanol–water partition coefficient (Wildman–Crippen LogP) is 4.04. The molecule has 1 aliphatic heterocycles. The lowest BCUT2D eigenvalue weighted by molar-refractivity contribution is 0.0830. The van der Waals surface area contributed by atoms with Gasteiger partial charge in [-0.2, -0.15) is 4.31 Å². The van der Waals surface area contributed by atoms with E-state index in [9.17, 15) is 18.3 Å². The summed E-state index contributed by atoms with van der Waals surface area (Å²) < 4.78 is 45.6. The summed E-state index contributed by atoms with van der Waals surface area (Å²) in [5, 5.41) is 12.8. The highest BCUT2D eigenvalue weighted by Gasteiger charge is 2.38. The number of benzene rings is 3. The minimum atomic E-state index is -4.01. The van der Waals surface area contributed by atoms with Crippen molar-refractivity contribution in [3.63, 3.8) is 0 Å². The van der Waals surface area contributed by atoms with Gasteiger partial charge in [-0.25, -0.2) is 13.2 Å². The van der Waals surface area contributed by atoms with E-state index in [4.69, 9.17) is 14.2 Å². The van der Waals surface area contributed by atoms with Gasteiger partial charge in [0.25, 0.3) is 0 Å². The van der Waals surface area contributed by atoms with Crippen LogP contribution in [0.15, 0.2) is 71.6 Å². The first kappa shape index (κ1) is 31.7. The molecular formula is C32H37N3O7S. The zero-order valence-electron chi connectivity index (χ0n) is 24.9. The Kier molecular flexibility index (Phi) is 10.2. The number of urea groups is 1. The third-order valence-corrected chi connectivity index (χ3v) is 9.25. The van der Waals surface area contributed by atoms with Crippen LogP contribution >= 0.6 is 0 Å². The average Bonchev–Trinajstić information content (AvgIpc) is 3.01. The number of sulfonamides is 1. The summed E-state index contributed by atoms with van der Waals surface area (Å²) in [5.41, 5.74) is 1.89. The molecule has 0 saturated carbocycles. The third kappa shape index (κ3) is 7.59. The quantitative estimate of drug-likeness (QED) is 0.390. The van der Waals surface area contributed by atoms with Crippen LogP contribution in [-0.2, 0) is 10.0 Å². The molecule has 1 aliphatic rings. The number of amides is 2. The van der Waals surface area contributed by atoms with Crippen LogP contribution in [-0.4, -0.2) is 81.9 Å². The van der Waals surface area contributed by atoms with Gasteiger partial charge in [-0.1, -0.05) is 24.8 Å². The van der Waals surface area contributed by atoms with E-state index in [0.29, 0.717) is 22.7 Å². The van der Waals surface area contributed by atoms with Gasteiger partial charge in [0.2, 0.25) is 10.0 Å². The van der Waals surface area contributed by atoms with Gasteiger partial charge in [0.1, 0.15) is 28.2 Å². The van der Waals surface area contributed by atoms with Crippen LogP contribution in [0.3, 0.4) is 0 Å². The number of carbonyl (C=O) groups excluding carboxylic acids is 1. The van der Waals surface area contributed by atoms with Crippen molar-refractivity contribution in [2.75, 3.05) is 46.3 Å². The van der Waals surface area contributed by atoms with E-state index in [-0.39, 0.29) is 42.3 Å². The normalized spacial score (nSPS) is 18.4. The first-order valence-corrected chi connectivity index (χ1v) is 15.3. The maximum Gasteiger partial charge on any atom is 0.321 e. The Bertz CT molecular complexity index is 1600. The Morgan fingerprint density at radius 1 is 1.07 bits per heavy atom. The summed E-state index contributed by atoms with van der Waals surface area (Å²) in [6.45, 7) is 3.44. The van der Waals surface area contributed by atoms with Gasteiger partial charge in [0.15, 0.2) is 0 Å². The van der Waals surface area contributed by atoms with Crippen LogP contribution in [0.1, 0.15) is 25.0 Å². The lowest BCUT2D eigenvalue weighted by Gasteiger charge is -2.37. The van der Waals surface area contributed by atoms with Crippen LogP contribution in [0.5, 0.6) is 17.2 Å². The second-order valence-electron chi connectivity index (χ2n) is 10.4. The molecule has 3 atom stereocenters. The fourth-order valence-electron chi connectivity index (χ4n) is 4.61. The lowest BCUT2D eigenvalue weighted by atomic mass is 10.0. The summed E-state index contributed by atoms with van der Waals surface area (Å²) in [7, 11) is 0.776. The number of nitrogens with zero attached hydrogens (tertiary/aromatic N) is 2. The summed E-state index contributed by atoms with van der Waals surface area (Å²) in [5.74, 6) is 7.28. The van der Waals surface area contributed by atoms with E-state index in [2.05, 4.69) is 17.2 Å². The minimum absolute atomic E-state index is 0.0248. The summed E-state index contributed by atoms with van der Waals surface area (Å²) in [6, 6.07) is 18.0. The van der Waals surface area contributed by atoms with E-state index in [1.54, 1.807) is 64.6 Å². The van der Waals surface area contributed by atoms with Gasteiger partial charge < -0.3 is 29.5 Å². The average molecular weight is 608 g/mol. The second-order valence-corrected chi connectivity index (χ2v) is 12.3. The Hall–Kier alpha value is -4.24. The molecule has 43 heavy (non-hydrogen) atoms. The first-order chi connectivity index (χ1) is 20.5. The Balaban J connectivity index is 1.65. The molecule has 2 amide bonds. The zero-order chi connectivity index (χ0) is 31.1. The number of anilines is 1. The van der Waals surface area contributed by atoms with Gasteiger partial charge in [-0.05, 0) is 61.5 Å². The highest BCUT2D eigenvalue weighted by atomic mass is 32.2. The van der Waals surface area contributed by atoms with Crippen molar-refractivity contribution < 1.29 is 32.5 Å². The highest BCUT2D eigenvalue weighted by Crippen LogP contribution is 2.34. The molecule has 10 nitrogen and oxygen atoms in total. The monoisotopic (exact) mass is 607 g/mol. The summed E-state index contributed by atoms with van der Waals surface area (Å²) in [6.07, 6.45) is -0.575. The van der Waals surface area contributed by atoms with Crippen molar-refractivity contribution >= 4 is 21.7 Å². The summed E-state index contributed by atoms with van der Waals surface area (Å²) in [4.78, 5) is 14.5. The standard InChI is InChI=1S/C32H37N3O7S/c1-22-19-35(23(2)21-36)43(38,39)31-16-13-25(10-9-24-11-14-27(40-4)15-12-24)17-29(31)42-30(22)20-34(3)32(37)33-26-7-6-8-28(18-26)41-5/h6-8,11-18,22-23,30,36H,19-21H2,1-5H3,(H,33,37)/t22-,23-,30+/m0/s1. The number of ether oxygens (including phenoxy) is 3. The topological polar surface area (TPSA) is 118 Å². The predicted molar refractivity (Wildman–Crippen MR) is 164 cm³/mol. The lowest BCUT2D eigenvalue weighted by Crippen LogP contribution is -2.50. The molecule has 3 aromatic rings. The molecule has 0 bridgehead atoms. The number of aliphatic hydroxyl groups is 1. The third-order valence-electron chi connectivity index (χ3n) is 7.23. The molecule has 0 aliphatic carbocycles. The minimum Gasteiger partial charge on any atom is -0.497 e. The maximum absolute atomic E-state index is 13.8. The number of fused-ring (bicyclic) bond motifs is 1. The Morgan fingerprint density at radius 3 is 2.42 bits per heavy atom. The molecule has 11 heteroatoms. The molecule has 4 rings (SSSR count).